The van der Waals surface area contributed by atoms with Crippen LogP contribution in [0.4, 0.5) is 5.69 Å². The second-order valence-corrected chi connectivity index (χ2v) is 8.67. The van der Waals surface area contributed by atoms with Gasteiger partial charge in [0, 0.05) is 37.2 Å². The molecule has 0 aromatic heterocycles. The Hall–Kier alpha value is -2.55. The molecule has 154 valence electrons. The average molecular weight is 416 g/mol. The number of sulfonamides is 1. The summed E-state index contributed by atoms with van der Waals surface area (Å²) in [5.41, 5.74) is 1.16. The largest absolute Gasteiger partial charge is 0.379 e. The maximum Gasteiger partial charge on any atom is 0.243 e. The molecule has 1 N–H and O–H groups in total. The SMILES string of the molecule is O=C(CCCC(=O)c1ccccc1)Nc1ccc(S(=O)(=O)N2CCOCC2)cc1. The monoisotopic (exact) mass is 416 g/mol. The molecule has 1 heterocycles. The fourth-order valence-electron chi connectivity index (χ4n) is 3.05. The lowest BCUT2D eigenvalue weighted by atomic mass is 10.1. The predicted molar refractivity (Wildman–Crippen MR) is 109 cm³/mol. The first-order valence-corrected chi connectivity index (χ1v) is 11.0. The summed E-state index contributed by atoms with van der Waals surface area (Å²) < 4.78 is 31.8. The van der Waals surface area contributed by atoms with E-state index in [4.69, 9.17) is 4.74 Å². The van der Waals surface area contributed by atoms with Gasteiger partial charge < -0.3 is 10.1 Å². The molecule has 8 heteroatoms. The zero-order valence-corrected chi connectivity index (χ0v) is 16.9. The van der Waals surface area contributed by atoms with E-state index in [9.17, 15) is 18.0 Å². The molecule has 2 aromatic rings. The number of nitrogens with one attached hydrogen (secondary N) is 1. The third-order valence-electron chi connectivity index (χ3n) is 4.65. The predicted octanol–water partition coefficient (Wildman–Crippen LogP) is 2.70. The Balaban J connectivity index is 1.49. The lowest BCUT2D eigenvalue weighted by Crippen LogP contribution is -2.40. The summed E-state index contributed by atoms with van der Waals surface area (Å²) in [5, 5.41) is 2.73. The first-order valence-electron chi connectivity index (χ1n) is 9.53. The van der Waals surface area contributed by atoms with Crippen LogP contribution in [0.5, 0.6) is 0 Å². The zero-order valence-electron chi connectivity index (χ0n) is 16.0. The first kappa shape index (κ1) is 21.2. The molecule has 0 bridgehead atoms. The molecule has 2 aromatic carbocycles. The molecule has 0 spiro atoms. The van der Waals surface area contributed by atoms with E-state index in [0.29, 0.717) is 50.4 Å². The van der Waals surface area contributed by atoms with Gasteiger partial charge >= 0.3 is 0 Å². The Morgan fingerprint density at radius 1 is 0.931 bits per heavy atom. The molecule has 1 saturated heterocycles. The molecule has 0 unspecified atom stereocenters. The van der Waals surface area contributed by atoms with Crippen LogP contribution in [-0.4, -0.2) is 50.7 Å². The lowest BCUT2D eigenvalue weighted by Gasteiger charge is -2.26. The van der Waals surface area contributed by atoms with Gasteiger partial charge in [-0.3, -0.25) is 9.59 Å². The van der Waals surface area contributed by atoms with E-state index in [1.54, 1.807) is 24.3 Å². The van der Waals surface area contributed by atoms with E-state index in [1.165, 1.54) is 16.4 Å². The van der Waals surface area contributed by atoms with Crippen LogP contribution in [0.3, 0.4) is 0 Å². The summed E-state index contributed by atoms with van der Waals surface area (Å²) in [6, 6.07) is 15.1. The molecular formula is C21H24N2O5S. The zero-order chi connectivity index (χ0) is 20.7. The second kappa shape index (κ2) is 9.78. The average Bonchev–Trinajstić information content (AvgIpc) is 2.75. The number of Topliss-reactive ketones (excluding diaryl/α,β-unsaturated/α-hetero) is 1. The maximum absolute atomic E-state index is 12.6. The van der Waals surface area contributed by atoms with Crippen LogP contribution in [0.15, 0.2) is 59.5 Å². The molecular weight excluding hydrogens is 392 g/mol. The van der Waals surface area contributed by atoms with Crippen molar-refractivity contribution >= 4 is 27.4 Å². The van der Waals surface area contributed by atoms with Gasteiger partial charge in [0.2, 0.25) is 15.9 Å². The minimum atomic E-state index is -3.55. The van der Waals surface area contributed by atoms with E-state index in [1.807, 2.05) is 18.2 Å². The Kier molecular flexibility index (Phi) is 7.13. The highest BCUT2D eigenvalue weighted by atomic mass is 32.2. The molecule has 29 heavy (non-hydrogen) atoms. The Morgan fingerprint density at radius 2 is 1.59 bits per heavy atom. The van der Waals surface area contributed by atoms with Gasteiger partial charge in [0.15, 0.2) is 5.78 Å². The van der Waals surface area contributed by atoms with E-state index < -0.39 is 10.0 Å². The number of benzene rings is 2. The van der Waals surface area contributed by atoms with Crippen molar-refractivity contribution in [3.63, 3.8) is 0 Å². The van der Waals surface area contributed by atoms with Crippen molar-refractivity contribution < 1.29 is 22.7 Å². The molecule has 0 saturated carbocycles. The van der Waals surface area contributed by atoms with E-state index in [-0.39, 0.29) is 23.0 Å². The van der Waals surface area contributed by atoms with E-state index in [2.05, 4.69) is 5.32 Å². The van der Waals surface area contributed by atoms with Crippen LogP contribution >= 0.6 is 0 Å². The summed E-state index contributed by atoms with van der Waals surface area (Å²) in [6.45, 7) is 1.45. The van der Waals surface area contributed by atoms with Gasteiger partial charge in [-0.05, 0) is 30.7 Å². The van der Waals surface area contributed by atoms with Crippen molar-refractivity contribution in [1.82, 2.24) is 4.31 Å². The molecule has 3 rings (SSSR count). The fourth-order valence-corrected chi connectivity index (χ4v) is 4.46. The summed E-state index contributed by atoms with van der Waals surface area (Å²) in [6.07, 6.45) is 0.962. The van der Waals surface area contributed by atoms with Crippen LogP contribution < -0.4 is 5.32 Å². The number of ether oxygens (including phenoxy) is 1. The highest BCUT2D eigenvalue weighted by molar-refractivity contribution is 7.89. The van der Waals surface area contributed by atoms with Gasteiger partial charge in [-0.1, -0.05) is 30.3 Å². The van der Waals surface area contributed by atoms with Crippen LogP contribution in [0.2, 0.25) is 0 Å². The molecule has 1 fully saturated rings. The normalized spacial score (nSPS) is 15.0. The minimum absolute atomic E-state index is 0.0103. The number of morpholine rings is 1. The van der Waals surface area contributed by atoms with Crippen molar-refractivity contribution in [2.45, 2.75) is 24.2 Å². The van der Waals surface area contributed by atoms with Crippen LogP contribution in [0.1, 0.15) is 29.6 Å². The van der Waals surface area contributed by atoms with Crippen LogP contribution in [0.25, 0.3) is 0 Å². The van der Waals surface area contributed by atoms with Gasteiger partial charge in [-0.15, -0.1) is 0 Å². The number of amides is 1. The topological polar surface area (TPSA) is 92.8 Å². The van der Waals surface area contributed by atoms with Crippen LogP contribution in [-0.2, 0) is 19.6 Å². The van der Waals surface area contributed by atoms with Crippen molar-refractivity contribution in [2.24, 2.45) is 0 Å². The van der Waals surface area contributed by atoms with Crippen molar-refractivity contribution in [1.29, 1.82) is 0 Å². The number of nitrogens with zero attached hydrogens (tertiary/aromatic N) is 1. The van der Waals surface area contributed by atoms with Gasteiger partial charge in [-0.2, -0.15) is 4.31 Å². The number of hydrogen-bond acceptors (Lipinski definition) is 5. The third kappa shape index (κ3) is 5.72. The second-order valence-electron chi connectivity index (χ2n) is 6.73. The minimum Gasteiger partial charge on any atom is -0.379 e. The quantitative estimate of drug-likeness (QED) is 0.668. The standard InChI is InChI=1S/C21H24N2O5S/c24-20(17-5-2-1-3-6-17)7-4-8-21(25)22-18-9-11-19(12-10-18)29(26,27)23-13-15-28-16-14-23/h1-3,5-6,9-12H,4,7-8,13-16H2,(H,22,25). The Morgan fingerprint density at radius 3 is 2.24 bits per heavy atom. The summed E-state index contributed by atoms with van der Waals surface area (Å²) >= 11 is 0. The molecule has 0 aliphatic carbocycles. The number of rotatable bonds is 8. The van der Waals surface area contributed by atoms with E-state index in [0.717, 1.165) is 0 Å². The molecule has 1 amide bonds. The van der Waals surface area contributed by atoms with Crippen molar-refractivity contribution in [2.75, 3.05) is 31.6 Å². The highest BCUT2D eigenvalue weighted by Crippen LogP contribution is 2.19. The third-order valence-corrected chi connectivity index (χ3v) is 6.56. The molecule has 0 atom stereocenters. The number of anilines is 1. The number of ketones is 1. The van der Waals surface area contributed by atoms with Crippen molar-refractivity contribution in [3.8, 4) is 0 Å². The molecule has 7 nitrogen and oxygen atoms in total. The fraction of sp³-hybridized carbons (Fsp3) is 0.333. The number of carbonyl (C=O) groups excluding carboxylic acids is 2. The molecule has 1 aliphatic heterocycles. The molecule has 1 aliphatic rings. The summed E-state index contributed by atoms with van der Waals surface area (Å²) in [7, 11) is -3.55. The first-order chi connectivity index (χ1) is 14.0. The van der Waals surface area contributed by atoms with Gasteiger partial charge in [-0.25, -0.2) is 8.42 Å². The number of carbonyl (C=O) groups is 2. The van der Waals surface area contributed by atoms with Gasteiger partial charge in [0.05, 0.1) is 18.1 Å². The summed E-state index contributed by atoms with van der Waals surface area (Å²) in [5.74, 6) is -0.203. The Bertz CT molecular complexity index is 937. The smallest absolute Gasteiger partial charge is 0.243 e. The Labute approximate surface area is 170 Å². The van der Waals surface area contributed by atoms with Gasteiger partial charge in [0.1, 0.15) is 0 Å². The van der Waals surface area contributed by atoms with Gasteiger partial charge in [0.25, 0.3) is 0 Å². The molecule has 0 radical (unpaired) electrons. The highest BCUT2D eigenvalue weighted by Gasteiger charge is 2.26. The van der Waals surface area contributed by atoms with E-state index >= 15 is 0 Å². The number of hydrogen-bond donors (Lipinski definition) is 1. The lowest BCUT2D eigenvalue weighted by molar-refractivity contribution is -0.116. The van der Waals surface area contributed by atoms with Crippen molar-refractivity contribution in [3.05, 3.63) is 60.2 Å². The maximum atomic E-state index is 12.6. The van der Waals surface area contributed by atoms with Crippen LogP contribution in [0, 0.1) is 0 Å². The summed E-state index contributed by atoms with van der Waals surface area (Å²) in [4.78, 5) is 24.3.